The summed E-state index contributed by atoms with van der Waals surface area (Å²) in [6, 6.07) is 17.4. The maximum Gasteiger partial charge on any atom is 0.136 e. The average Bonchev–Trinajstić information content (AvgIpc) is 2.77. The van der Waals surface area contributed by atoms with Crippen LogP contribution in [0.1, 0.15) is 0 Å². The largest absolute Gasteiger partial charge is 0.508 e. The minimum atomic E-state index is 0.278. The quantitative estimate of drug-likeness (QED) is 0.487. The first-order valence-electron chi connectivity index (χ1n) is 5.86. The molecule has 18 heavy (non-hydrogen) atoms. The molecule has 4 rings (SSSR count). The van der Waals surface area contributed by atoms with Crippen molar-refractivity contribution in [3.63, 3.8) is 0 Å². The van der Waals surface area contributed by atoms with Crippen LogP contribution < -0.4 is 0 Å². The number of phenols is 1. The molecule has 0 fully saturated rings. The van der Waals surface area contributed by atoms with E-state index in [-0.39, 0.29) is 5.75 Å². The Balaban J connectivity index is 2.35. The second kappa shape index (κ2) is 3.26. The molecule has 0 aliphatic rings. The normalized spacial score (nSPS) is 11.6. The Morgan fingerprint density at radius 1 is 0.778 bits per heavy atom. The zero-order valence-electron chi connectivity index (χ0n) is 9.55. The van der Waals surface area contributed by atoms with Crippen LogP contribution in [0, 0.1) is 0 Å². The molecule has 0 radical (unpaired) electrons. The fourth-order valence-electron chi connectivity index (χ4n) is 2.53. The van der Waals surface area contributed by atoms with Crippen molar-refractivity contribution in [2.45, 2.75) is 0 Å². The van der Waals surface area contributed by atoms with Crippen LogP contribution in [0.3, 0.4) is 0 Å². The van der Waals surface area contributed by atoms with Gasteiger partial charge in [-0.1, -0.05) is 30.3 Å². The van der Waals surface area contributed by atoms with Crippen LogP contribution in [-0.4, -0.2) is 5.11 Å². The summed E-state index contributed by atoms with van der Waals surface area (Å²) in [5, 5.41) is 14.0. The fraction of sp³-hybridized carbons (Fsp3) is 0. The van der Waals surface area contributed by atoms with Crippen molar-refractivity contribution >= 4 is 32.7 Å². The molecule has 2 nitrogen and oxygen atoms in total. The SMILES string of the molecule is Oc1ccc2ccc3oc4ccccc4c3c2c1. The molecule has 0 unspecified atom stereocenters. The van der Waals surface area contributed by atoms with E-state index in [0.717, 1.165) is 32.7 Å². The van der Waals surface area contributed by atoms with Gasteiger partial charge in [-0.3, -0.25) is 0 Å². The van der Waals surface area contributed by atoms with E-state index in [4.69, 9.17) is 4.42 Å². The molecule has 0 saturated heterocycles. The molecule has 0 bridgehead atoms. The third-order valence-corrected chi connectivity index (χ3v) is 3.34. The van der Waals surface area contributed by atoms with Gasteiger partial charge in [-0.25, -0.2) is 0 Å². The predicted octanol–water partition coefficient (Wildman–Crippen LogP) is 4.44. The maximum atomic E-state index is 9.67. The van der Waals surface area contributed by atoms with E-state index in [1.54, 1.807) is 12.1 Å². The first-order valence-corrected chi connectivity index (χ1v) is 5.86. The van der Waals surface area contributed by atoms with E-state index in [1.807, 2.05) is 42.5 Å². The molecule has 0 aliphatic carbocycles. The van der Waals surface area contributed by atoms with Gasteiger partial charge in [0.25, 0.3) is 0 Å². The molecule has 3 aromatic carbocycles. The summed E-state index contributed by atoms with van der Waals surface area (Å²) < 4.78 is 5.82. The van der Waals surface area contributed by atoms with E-state index in [2.05, 4.69) is 0 Å². The Kier molecular flexibility index (Phi) is 1.73. The number of benzene rings is 3. The minimum absolute atomic E-state index is 0.278. The Morgan fingerprint density at radius 3 is 2.56 bits per heavy atom. The van der Waals surface area contributed by atoms with Gasteiger partial charge in [-0.05, 0) is 35.0 Å². The van der Waals surface area contributed by atoms with Crippen LogP contribution in [0.2, 0.25) is 0 Å². The van der Waals surface area contributed by atoms with E-state index in [1.165, 1.54) is 0 Å². The number of furan rings is 1. The summed E-state index contributed by atoms with van der Waals surface area (Å²) in [6.07, 6.45) is 0. The van der Waals surface area contributed by atoms with Crippen molar-refractivity contribution < 1.29 is 9.52 Å². The highest BCUT2D eigenvalue weighted by molar-refractivity contribution is 6.18. The number of rotatable bonds is 0. The second-order valence-electron chi connectivity index (χ2n) is 4.44. The molecule has 0 saturated carbocycles. The molecule has 86 valence electrons. The Hall–Kier alpha value is -2.48. The molecule has 2 heteroatoms. The standard InChI is InChI=1S/C16H10O2/c17-11-7-5-10-6-8-15-16(13(10)9-11)12-3-1-2-4-14(12)18-15/h1-9,17H. The molecule has 0 amide bonds. The zero-order chi connectivity index (χ0) is 12.1. The van der Waals surface area contributed by atoms with Crippen LogP contribution in [0.25, 0.3) is 32.7 Å². The van der Waals surface area contributed by atoms with Gasteiger partial charge >= 0.3 is 0 Å². The molecule has 1 heterocycles. The number of aromatic hydroxyl groups is 1. The van der Waals surface area contributed by atoms with E-state index in [0.29, 0.717) is 0 Å². The van der Waals surface area contributed by atoms with Gasteiger partial charge in [-0.2, -0.15) is 0 Å². The topological polar surface area (TPSA) is 33.4 Å². The highest BCUT2D eigenvalue weighted by Crippen LogP contribution is 2.35. The van der Waals surface area contributed by atoms with Gasteiger partial charge in [-0.15, -0.1) is 0 Å². The average molecular weight is 234 g/mol. The lowest BCUT2D eigenvalue weighted by Crippen LogP contribution is -1.74. The smallest absolute Gasteiger partial charge is 0.136 e. The highest BCUT2D eigenvalue weighted by atomic mass is 16.3. The minimum Gasteiger partial charge on any atom is -0.508 e. The van der Waals surface area contributed by atoms with Gasteiger partial charge in [0.15, 0.2) is 0 Å². The fourth-order valence-corrected chi connectivity index (χ4v) is 2.53. The second-order valence-corrected chi connectivity index (χ2v) is 4.44. The molecule has 4 aromatic rings. The van der Waals surface area contributed by atoms with Gasteiger partial charge in [0.1, 0.15) is 16.9 Å². The Bertz CT molecular complexity index is 887. The first kappa shape index (κ1) is 9.54. The molecule has 0 atom stereocenters. The van der Waals surface area contributed by atoms with Gasteiger partial charge in [0, 0.05) is 10.8 Å². The van der Waals surface area contributed by atoms with Crippen molar-refractivity contribution in [2.24, 2.45) is 0 Å². The lowest BCUT2D eigenvalue weighted by molar-refractivity contribution is 0.476. The Labute approximate surface area is 103 Å². The molecular formula is C16H10O2. The first-order chi connectivity index (χ1) is 8.83. The molecule has 0 spiro atoms. The van der Waals surface area contributed by atoms with Crippen LogP contribution in [-0.2, 0) is 0 Å². The molecular weight excluding hydrogens is 224 g/mol. The van der Waals surface area contributed by atoms with Gasteiger partial charge < -0.3 is 9.52 Å². The summed E-state index contributed by atoms with van der Waals surface area (Å²) in [5.74, 6) is 0.278. The summed E-state index contributed by atoms with van der Waals surface area (Å²) in [5.41, 5.74) is 1.73. The number of phenolic OH excluding ortho intramolecular Hbond substituents is 1. The summed E-state index contributed by atoms with van der Waals surface area (Å²) >= 11 is 0. The van der Waals surface area contributed by atoms with Gasteiger partial charge in [0.05, 0.1) is 0 Å². The summed E-state index contributed by atoms with van der Waals surface area (Å²) in [7, 11) is 0. The molecule has 1 aromatic heterocycles. The van der Waals surface area contributed by atoms with E-state index < -0.39 is 0 Å². The van der Waals surface area contributed by atoms with Crippen molar-refractivity contribution in [2.75, 3.05) is 0 Å². The van der Waals surface area contributed by atoms with Gasteiger partial charge in [0.2, 0.25) is 0 Å². The van der Waals surface area contributed by atoms with Crippen molar-refractivity contribution in [3.05, 3.63) is 54.6 Å². The van der Waals surface area contributed by atoms with E-state index >= 15 is 0 Å². The molecule has 1 N–H and O–H groups in total. The third kappa shape index (κ3) is 1.17. The third-order valence-electron chi connectivity index (χ3n) is 3.34. The van der Waals surface area contributed by atoms with Crippen molar-refractivity contribution in [3.8, 4) is 5.75 Å². The number of hydrogen-bond acceptors (Lipinski definition) is 2. The lowest BCUT2D eigenvalue weighted by atomic mass is 10.0. The summed E-state index contributed by atoms with van der Waals surface area (Å²) in [4.78, 5) is 0. The van der Waals surface area contributed by atoms with Crippen LogP contribution >= 0.6 is 0 Å². The van der Waals surface area contributed by atoms with Crippen LogP contribution in [0.4, 0.5) is 0 Å². The maximum absolute atomic E-state index is 9.67. The zero-order valence-corrected chi connectivity index (χ0v) is 9.55. The molecule has 0 aliphatic heterocycles. The summed E-state index contributed by atoms with van der Waals surface area (Å²) in [6.45, 7) is 0. The predicted molar refractivity (Wildman–Crippen MR) is 72.9 cm³/mol. The Morgan fingerprint density at radius 2 is 1.61 bits per heavy atom. The van der Waals surface area contributed by atoms with Crippen LogP contribution in [0.5, 0.6) is 5.75 Å². The lowest BCUT2D eigenvalue weighted by Gasteiger charge is -2.00. The number of hydrogen-bond donors (Lipinski definition) is 1. The number of para-hydroxylation sites is 1. The monoisotopic (exact) mass is 234 g/mol. The van der Waals surface area contributed by atoms with Crippen molar-refractivity contribution in [1.29, 1.82) is 0 Å². The van der Waals surface area contributed by atoms with Crippen molar-refractivity contribution in [1.82, 2.24) is 0 Å². The highest BCUT2D eigenvalue weighted by Gasteiger charge is 2.09. The number of fused-ring (bicyclic) bond motifs is 5. The van der Waals surface area contributed by atoms with E-state index in [9.17, 15) is 5.11 Å². The van der Waals surface area contributed by atoms with Crippen LogP contribution in [0.15, 0.2) is 59.0 Å².